The Morgan fingerprint density at radius 3 is 0.769 bits per heavy atom. The Hall–Kier alpha value is -0.200. The number of rotatable bonds is 15. The van der Waals surface area contributed by atoms with E-state index in [0.717, 1.165) is 12.8 Å². The third-order valence-electron chi connectivity index (χ3n) is 3.81. The Morgan fingerprint density at radius 1 is 0.385 bits per heavy atom. The number of unbranched alkanes of at least 4 members (excludes halogenated alkanes) is 5. The van der Waals surface area contributed by atoms with Crippen molar-refractivity contribution in [3.63, 3.8) is 0 Å². The van der Waals surface area contributed by atoms with Crippen LogP contribution in [0.3, 0.4) is 0 Å². The van der Waals surface area contributed by atoms with E-state index in [4.69, 9.17) is 0 Å². The Balaban J connectivity index is 4.64. The first-order valence-corrected chi connectivity index (χ1v) is 16.4. The first-order valence-electron chi connectivity index (χ1n) is 8.74. The van der Waals surface area contributed by atoms with Gasteiger partial charge in [0.05, 0.1) is 23.0 Å². The van der Waals surface area contributed by atoms with Crippen molar-refractivity contribution in [2.24, 2.45) is 0 Å². The molecule has 0 aliphatic rings. The van der Waals surface area contributed by atoms with Gasteiger partial charge in [-0.05, 0) is 25.7 Å². The fourth-order valence-corrected chi connectivity index (χ4v) is 9.83. The molecule has 0 heterocycles. The lowest BCUT2D eigenvalue weighted by Crippen LogP contribution is -2.24. The van der Waals surface area contributed by atoms with Gasteiger partial charge < -0.3 is 0 Å². The van der Waals surface area contributed by atoms with E-state index in [9.17, 15) is 33.7 Å². The monoisotopic (exact) mass is 454 g/mol. The third kappa shape index (κ3) is 8.22. The lowest BCUT2D eigenvalue weighted by Gasteiger charge is -2.07. The highest BCUT2D eigenvalue weighted by molar-refractivity contribution is 8.67. The van der Waals surface area contributed by atoms with Crippen LogP contribution in [0.25, 0.3) is 0 Å². The average molecular weight is 455 g/mol. The van der Waals surface area contributed by atoms with Crippen LogP contribution < -0.4 is 0 Å². The molecule has 0 saturated heterocycles. The van der Waals surface area contributed by atoms with Gasteiger partial charge in [-0.3, -0.25) is 0 Å². The van der Waals surface area contributed by atoms with Crippen LogP contribution in [-0.2, 0) is 35.5 Å². The van der Waals surface area contributed by atoms with Gasteiger partial charge in [0.15, 0.2) is 0 Å². The summed E-state index contributed by atoms with van der Waals surface area (Å²) in [6.07, 6.45) is 2.76. The van der Waals surface area contributed by atoms with Gasteiger partial charge in [0, 0.05) is 0 Å². The second-order valence-electron chi connectivity index (χ2n) is 6.17. The van der Waals surface area contributed by atoms with Crippen LogP contribution in [0.15, 0.2) is 0 Å². The second-order valence-corrected chi connectivity index (χ2v) is 18.4. The minimum absolute atomic E-state index is 0.223. The summed E-state index contributed by atoms with van der Waals surface area (Å²) in [7, 11) is -17.3. The van der Waals surface area contributed by atoms with E-state index in [1.165, 1.54) is 0 Å². The van der Waals surface area contributed by atoms with Gasteiger partial charge >= 0.3 is 0 Å². The summed E-state index contributed by atoms with van der Waals surface area (Å²) in [6, 6.07) is 0. The van der Waals surface area contributed by atoms with Gasteiger partial charge in [-0.2, -0.15) is 0 Å². The molecule has 0 radical (unpaired) electrons. The largest absolute Gasteiger partial charge is 0.253 e. The summed E-state index contributed by atoms with van der Waals surface area (Å²) in [6.45, 7) is 3.72. The van der Waals surface area contributed by atoms with Crippen molar-refractivity contribution in [3.8, 4) is 0 Å². The maximum absolute atomic E-state index is 11.9. The lowest BCUT2D eigenvalue weighted by atomic mass is 10.3. The van der Waals surface area contributed by atoms with Crippen LogP contribution in [0.5, 0.6) is 0 Å². The molecule has 0 atom stereocenters. The molecule has 12 heteroatoms. The molecule has 0 bridgehead atoms. The molecule has 0 fully saturated rings. The van der Waals surface area contributed by atoms with E-state index in [1.54, 1.807) is 0 Å². The molecule has 0 N–H and O–H groups in total. The predicted octanol–water partition coefficient (Wildman–Crippen LogP) is 1.64. The van der Waals surface area contributed by atoms with Crippen LogP contribution in [-0.4, -0.2) is 56.7 Å². The fraction of sp³-hybridized carbons (Fsp3) is 1.00. The van der Waals surface area contributed by atoms with Gasteiger partial charge in [-0.1, -0.05) is 39.5 Å². The number of hydrogen-bond acceptors (Lipinski definition) is 8. The molecule has 0 aliphatic carbocycles. The summed E-state index contributed by atoms with van der Waals surface area (Å²) in [5.74, 6) is -2.31. The molecule has 0 aliphatic heterocycles. The van der Waals surface area contributed by atoms with E-state index in [-0.39, 0.29) is 25.7 Å². The molecular weight excluding hydrogens is 424 g/mol. The molecule has 158 valence electrons. The van der Waals surface area contributed by atoms with E-state index in [2.05, 4.69) is 0 Å². The normalized spacial score (nSPS) is 13.8. The molecule has 26 heavy (non-hydrogen) atoms. The molecule has 0 spiro atoms. The topological polar surface area (TPSA) is 137 Å². The van der Waals surface area contributed by atoms with Crippen LogP contribution >= 0.6 is 0 Å². The van der Waals surface area contributed by atoms with Crippen molar-refractivity contribution < 1.29 is 33.7 Å². The van der Waals surface area contributed by atoms with Gasteiger partial charge in [0.2, 0.25) is 0 Å². The molecule has 0 aromatic heterocycles. The molecule has 8 nitrogen and oxygen atoms in total. The molecule has 0 unspecified atom stereocenters. The van der Waals surface area contributed by atoms with E-state index in [0.29, 0.717) is 12.8 Å². The van der Waals surface area contributed by atoms with Crippen LogP contribution in [0.2, 0.25) is 0 Å². The Labute approximate surface area is 157 Å². The lowest BCUT2D eigenvalue weighted by molar-refractivity contribution is 0.575. The number of hydrogen-bond donors (Lipinski definition) is 0. The van der Waals surface area contributed by atoms with Crippen molar-refractivity contribution in [1.82, 2.24) is 0 Å². The highest BCUT2D eigenvalue weighted by Gasteiger charge is 2.31. The van der Waals surface area contributed by atoms with Gasteiger partial charge in [0.25, 0.3) is 35.5 Å². The van der Waals surface area contributed by atoms with Crippen LogP contribution in [0, 0.1) is 0 Å². The van der Waals surface area contributed by atoms with Crippen molar-refractivity contribution in [1.29, 1.82) is 0 Å². The fourth-order valence-electron chi connectivity index (χ4n) is 2.12. The maximum atomic E-state index is 11.9. The van der Waals surface area contributed by atoms with E-state index >= 15 is 0 Å². The Kier molecular flexibility index (Phi) is 10.9. The SMILES string of the molecule is CCCCCS(=O)(=O)S(=O)(=O)CCCCS(=O)(=O)S(=O)(=O)CCCCC. The molecule has 0 amide bonds. The van der Waals surface area contributed by atoms with E-state index < -0.39 is 58.5 Å². The summed E-state index contributed by atoms with van der Waals surface area (Å²) in [4.78, 5) is 0. The minimum Gasteiger partial charge on any atom is -0.213 e. The first kappa shape index (κ1) is 25.8. The molecular formula is C14H30O8S4. The van der Waals surface area contributed by atoms with Crippen molar-refractivity contribution >= 4 is 35.5 Å². The van der Waals surface area contributed by atoms with Crippen molar-refractivity contribution in [2.75, 3.05) is 23.0 Å². The predicted molar refractivity (Wildman–Crippen MR) is 103 cm³/mol. The van der Waals surface area contributed by atoms with Gasteiger partial charge in [-0.25, -0.2) is 33.7 Å². The molecule has 0 aromatic carbocycles. The minimum atomic E-state index is -4.38. The standard InChI is InChI=1S/C14H30O8S4/c1-3-5-7-11-23(15,16)25(19,20)13-9-10-14-26(21,22)24(17,18)12-8-6-4-2/h3-14H2,1-2H3. The van der Waals surface area contributed by atoms with E-state index in [1.807, 2.05) is 13.8 Å². The van der Waals surface area contributed by atoms with Crippen molar-refractivity contribution in [2.45, 2.75) is 65.2 Å². The smallest absolute Gasteiger partial charge is 0.213 e. The summed E-state index contributed by atoms with van der Waals surface area (Å²) in [5, 5.41) is 0. The molecule has 0 saturated carbocycles. The summed E-state index contributed by atoms with van der Waals surface area (Å²) >= 11 is 0. The highest BCUT2D eigenvalue weighted by atomic mass is 33.2. The molecule has 0 aromatic rings. The van der Waals surface area contributed by atoms with Gasteiger partial charge in [-0.15, -0.1) is 0 Å². The first-order chi connectivity index (χ1) is 11.8. The molecule has 0 rings (SSSR count). The summed E-state index contributed by atoms with van der Waals surface area (Å²) in [5.41, 5.74) is 0. The zero-order chi connectivity index (χ0) is 20.5. The Bertz CT molecular complexity index is 749. The highest BCUT2D eigenvalue weighted by Crippen LogP contribution is 2.14. The maximum Gasteiger partial charge on any atom is 0.253 e. The quantitative estimate of drug-likeness (QED) is 0.269. The third-order valence-corrected chi connectivity index (χ3v) is 15.2. The second kappa shape index (κ2) is 11.0. The zero-order valence-corrected chi connectivity index (χ0v) is 18.7. The van der Waals surface area contributed by atoms with Crippen molar-refractivity contribution in [3.05, 3.63) is 0 Å². The average Bonchev–Trinajstić information content (AvgIpc) is 2.51. The van der Waals surface area contributed by atoms with Crippen LogP contribution in [0.4, 0.5) is 0 Å². The Morgan fingerprint density at radius 2 is 0.577 bits per heavy atom. The van der Waals surface area contributed by atoms with Gasteiger partial charge in [0.1, 0.15) is 0 Å². The summed E-state index contributed by atoms with van der Waals surface area (Å²) < 4.78 is 94.8. The van der Waals surface area contributed by atoms with Crippen LogP contribution in [0.1, 0.15) is 65.2 Å². The zero-order valence-electron chi connectivity index (χ0n) is 15.4.